The summed E-state index contributed by atoms with van der Waals surface area (Å²) in [6.45, 7) is 0.550. The van der Waals surface area contributed by atoms with E-state index in [2.05, 4.69) is 15.1 Å². The van der Waals surface area contributed by atoms with Gasteiger partial charge in [-0.2, -0.15) is 0 Å². The number of hydrogen-bond donors (Lipinski definition) is 3. The predicted octanol–water partition coefficient (Wildman–Crippen LogP) is 1.08. The molecule has 0 spiro atoms. The maximum atomic E-state index is 12.2. The van der Waals surface area contributed by atoms with E-state index in [0.717, 1.165) is 11.8 Å². The Labute approximate surface area is 119 Å². The van der Waals surface area contributed by atoms with Crippen LogP contribution in [0.15, 0.2) is 23.2 Å². The molecule has 3 rings (SSSR count). The van der Waals surface area contributed by atoms with E-state index < -0.39 is 10.0 Å². The molecule has 6 nitrogen and oxygen atoms in total. The highest BCUT2D eigenvalue weighted by atomic mass is 32.2. The van der Waals surface area contributed by atoms with Gasteiger partial charge in [0, 0.05) is 12.7 Å². The first-order valence-electron chi connectivity index (χ1n) is 7.02. The summed E-state index contributed by atoms with van der Waals surface area (Å²) in [7, 11) is -3.47. The number of hydrogen-bond acceptors (Lipinski definition) is 5. The zero-order chi connectivity index (χ0) is 14.2. The molecule has 1 heterocycles. The van der Waals surface area contributed by atoms with Crippen LogP contribution in [-0.2, 0) is 10.0 Å². The van der Waals surface area contributed by atoms with Gasteiger partial charge >= 0.3 is 0 Å². The first-order valence-corrected chi connectivity index (χ1v) is 8.51. The highest BCUT2D eigenvalue weighted by molar-refractivity contribution is 7.89. The molecule has 0 aliphatic heterocycles. The lowest BCUT2D eigenvalue weighted by Crippen LogP contribution is -2.31. The van der Waals surface area contributed by atoms with Crippen molar-refractivity contribution in [3.63, 3.8) is 0 Å². The third kappa shape index (κ3) is 3.11. The lowest BCUT2D eigenvalue weighted by Gasteiger charge is -2.16. The normalized spacial score (nSPS) is 19.3. The van der Waals surface area contributed by atoms with E-state index >= 15 is 0 Å². The number of nitrogens with two attached hydrogens (primary N) is 1. The lowest BCUT2D eigenvalue weighted by atomic mass is 9.99. The Morgan fingerprint density at radius 3 is 2.35 bits per heavy atom. The maximum absolute atomic E-state index is 12.2. The van der Waals surface area contributed by atoms with E-state index in [1.54, 1.807) is 6.07 Å². The van der Waals surface area contributed by atoms with E-state index in [-0.39, 0.29) is 4.90 Å². The Kier molecular flexibility index (Phi) is 3.66. The van der Waals surface area contributed by atoms with Crippen molar-refractivity contribution in [2.24, 2.45) is 23.6 Å². The Hall–Kier alpha value is -1.18. The molecule has 1 aromatic rings. The summed E-state index contributed by atoms with van der Waals surface area (Å²) in [4.78, 5) is 4.11. The topological polar surface area (TPSA) is 97.1 Å². The largest absolute Gasteiger partial charge is 0.308 e. The molecule has 0 unspecified atom stereocenters. The summed E-state index contributed by atoms with van der Waals surface area (Å²) in [5, 5.41) is 0. The summed E-state index contributed by atoms with van der Waals surface area (Å²) in [6.07, 6.45) is 6.33. The molecular formula is C13H20N4O2S. The highest BCUT2D eigenvalue weighted by Crippen LogP contribution is 2.48. The van der Waals surface area contributed by atoms with Gasteiger partial charge in [-0.3, -0.25) is 0 Å². The van der Waals surface area contributed by atoms with Gasteiger partial charge in [-0.15, -0.1) is 0 Å². The van der Waals surface area contributed by atoms with Crippen LogP contribution in [0.4, 0.5) is 5.82 Å². The molecule has 2 aliphatic carbocycles. The number of pyridine rings is 1. The monoisotopic (exact) mass is 296 g/mol. The Morgan fingerprint density at radius 2 is 1.90 bits per heavy atom. The maximum Gasteiger partial charge on any atom is 0.242 e. The number of hydrazine groups is 1. The van der Waals surface area contributed by atoms with Crippen LogP contribution < -0.4 is 16.0 Å². The van der Waals surface area contributed by atoms with Crippen LogP contribution >= 0.6 is 0 Å². The molecule has 1 aromatic heterocycles. The van der Waals surface area contributed by atoms with Gasteiger partial charge in [0.2, 0.25) is 10.0 Å². The number of nitrogens with zero attached hydrogens (tertiary/aromatic N) is 1. The minimum absolute atomic E-state index is 0.182. The van der Waals surface area contributed by atoms with Crippen molar-refractivity contribution in [2.75, 3.05) is 12.0 Å². The lowest BCUT2D eigenvalue weighted by molar-refractivity contribution is 0.401. The second-order valence-corrected chi connectivity index (χ2v) is 7.48. The van der Waals surface area contributed by atoms with Gasteiger partial charge in [0.05, 0.1) is 0 Å². The van der Waals surface area contributed by atoms with Crippen LogP contribution in [0.3, 0.4) is 0 Å². The van der Waals surface area contributed by atoms with Crippen molar-refractivity contribution in [3.8, 4) is 0 Å². The summed E-state index contributed by atoms with van der Waals surface area (Å²) >= 11 is 0. The summed E-state index contributed by atoms with van der Waals surface area (Å²) in [5.41, 5.74) is 2.38. The highest BCUT2D eigenvalue weighted by Gasteiger charge is 2.41. The van der Waals surface area contributed by atoms with E-state index in [0.29, 0.717) is 18.3 Å². The first kappa shape index (κ1) is 13.8. The number of nitrogen functional groups attached to an aromatic ring is 1. The minimum Gasteiger partial charge on any atom is -0.308 e. The number of nitrogens with one attached hydrogen (secondary N) is 2. The van der Waals surface area contributed by atoms with Crippen LogP contribution in [-0.4, -0.2) is 19.9 Å². The van der Waals surface area contributed by atoms with Gasteiger partial charge in [-0.1, -0.05) is 0 Å². The Morgan fingerprint density at radius 1 is 1.25 bits per heavy atom. The van der Waals surface area contributed by atoms with Crippen molar-refractivity contribution in [3.05, 3.63) is 18.3 Å². The summed E-state index contributed by atoms with van der Waals surface area (Å²) < 4.78 is 27.2. The van der Waals surface area contributed by atoms with Crippen molar-refractivity contribution < 1.29 is 8.42 Å². The first-order chi connectivity index (χ1) is 9.60. The zero-order valence-corrected chi connectivity index (χ0v) is 12.1. The van der Waals surface area contributed by atoms with Gasteiger partial charge in [0.25, 0.3) is 0 Å². The van der Waals surface area contributed by atoms with Crippen molar-refractivity contribution in [1.29, 1.82) is 0 Å². The van der Waals surface area contributed by atoms with Gasteiger partial charge < -0.3 is 5.43 Å². The third-order valence-electron chi connectivity index (χ3n) is 4.16. The standard InChI is InChI=1S/C13H20N4O2S/c14-17-13-6-5-11(7-15-13)20(18,19)16-8-12(9-1-2-9)10-3-4-10/h5-7,9-10,12,16H,1-4,8,14H2,(H,15,17). The molecule has 20 heavy (non-hydrogen) atoms. The molecular weight excluding hydrogens is 276 g/mol. The molecule has 0 amide bonds. The Bertz CT molecular complexity index is 553. The van der Waals surface area contributed by atoms with E-state index in [9.17, 15) is 8.42 Å². The van der Waals surface area contributed by atoms with Crippen LogP contribution in [0.1, 0.15) is 25.7 Å². The van der Waals surface area contributed by atoms with Gasteiger partial charge in [-0.05, 0) is 55.6 Å². The number of rotatable bonds is 7. The van der Waals surface area contributed by atoms with Gasteiger partial charge in [-0.25, -0.2) is 24.0 Å². The van der Waals surface area contributed by atoms with Crippen molar-refractivity contribution >= 4 is 15.8 Å². The minimum atomic E-state index is -3.47. The fourth-order valence-corrected chi connectivity index (χ4v) is 3.70. The second kappa shape index (κ2) is 5.31. The SMILES string of the molecule is NNc1ccc(S(=O)(=O)NCC(C2CC2)C2CC2)cn1. The van der Waals surface area contributed by atoms with Gasteiger partial charge in [0.15, 0.2) is 0 Å². The fourth-order valence-electron chi connectivity index (χ4n) is 2.68. The molecule has 2 aliphatic rings. The molecule has 0 saturated heterocycles. The van der Waals surface area contributed by atoms with Crippen LogP contribution in [0, 0.1) is 17.8 Å². The predicted molar refractivity (Wildman–Crippen MR) is 76.2 cm³/mol. The zero-order valence-electron chi connectivity index (χ0n) is 11.2. The smallest absolute Gasteiger partial charge is 0.242 e. The molecule has 0 bridgehead atoms. The average Bonchev–Trinajstić information content (AvgIpc) is 3.32. The van der Waals surface area contributed by atoms with E-state index in [4.69, 9.17) is 5.84 Å². The summed E-state index contributed by atoms with van der Waals surface area (Å²) in [6, 6.07) is 3.06. The van der Waals surface area contributed by atoms with Crippen molar-refractivity contribution in [1.82, 2.24) is 9.71 Å². The number of aromatic nitrogens is 1. The molecule has 110 valence electrons. The molecule has 2 fully saturated rings. The van der Waals surface area contributed by atoms with E-state index in [1.807, 2.05) is 0 Å². The Balaban J connectivity index is 1.64. The van der Waals surface area contributed by atoms with Crippen LogP contribution in [0.2, 0.25) is 0 Å². The quantitative estimate of drug-likeness (QED) is 0.517. The average molecular weight is 296 g/mol. The molecule has 0 atom stereocenters. The fraction of sp³-hybridized carbons (Fsp3) is 0.615. The third-order valence-corrected chi connectivity index (χ3v) is 5.57. The molecule has 2 saturated carbocycles. The number of anilines is 1. The van der Waals surface area contributed by atoms with Crippen molar-refractivity contribution in [2.45, 2.75) is 30.6 Å². The molecule has 4 N–H and O–H groups in total. The number of sulfonamides is 1. The van der Waals surface area contributed by atoms with Crippen LogP contribution in [0.5, 0.6) is 0 Å². The molecule has 0 radical (unpaired) electrons. The molecule has 0 aromatic carbocycles. The second-order valence-electron chi connectivity index (χ2n) is 5.71. The van der Waals surface area contributed by atoms with E-state index in [1.165, 1.54) is 37.9 Å². The molecule has 7 heteroatoms. The summed E-state index contributed by atoms with van der Waals surface area (Å²) in [5.74, 6) is 7.63. The van der Waals surface area contributed by atoms with Gasteiger partial charge in [0.1, 0.15) is 10.7 Å². The van der Waals surface area contributed by atoms with Crippen LogP contribution in [0.25, 0.3) is 0 Å².